The summed E-state index contributed by atoms with van der Waals surface area (Å²) >= 11 is 5.70. The first-order valence-electron chi connectivity index (χ1n) is 6.01. The average Bonchev–Trinajstić information content (AvgIpc) is 2.88. The van der Waals surface area contributed by atoms with Gasteiger partial charge in [0.25, 0.3) is 11.6 Å². The molecule has 1 aliphatic rings. The van der Waals surface area contributed by atoms with Crippen molar-refractivity contribution in [3.63, 3.8) is 0 Å². The van der Waals surface area contributed by atoms with Crippen LogP contribution in [0.2, 0.25) is 5.02 Å². The van der Waals surface area contributed by atoms with E-state index < -0.39 is 10.8 Å². The quantitative estimate of drug-likeness (QED) is 0.649. The molecule has 1 fully saturated rings. The second-order valence-electron chi connectivity index (χ2n) is 4.49. The summed E-state index contributed by atoms with van der Waals surface area (Å²) in [6.45, 7) is 2.33. The maximum Gasteiger partial charge on any atom is 0.283 e. The Morgan fingerprint density at radius 2 is 2.37 bits per heavy atom. The van der Waals surface area contributed by atoms with Crippen LogP contribution in [0, 0.1) is 16.0 Å². The molecular formula is C12H14ClN3O3. The van der Waals surface area contributed by atoms with Crippen LogP contribution in [0.1, 0.15) is 16.8 Å². The Kier molecular flexibility index (Phi) is 4.34. The molecule has 1 saturated heterocycles. The summed E-state index contributed by atoms with van der Waals surface area (Å²) in [6.07, 6.45) is 1.00. The topological polar surface area (TPSA) is 84.3 Å². The van der Waals surface area contributed by atoms with E-state index in [9.17, 15) is 14.9 Å². The van der Waals surface area contributed by atoms with Gasteiger partial charge in [-0.15, -0.1) is 0 Å². The molecule has 19 heavy (non-hydrogen) atoms. The first-order chi connectivity index (χ1) is 9.08. The summed E-state index contributed by atoms with van der Waals surface area (Å²) in [5.41, 5.74) is -0.227. The van der Waals surface area contributed by atoms with Crippen molar-refractivity contribution in [1.82, 2.24) is 10.6 Å². The van der Waals surface area contributed by atoms with E-state index in [0.29, 0.717) is 12.5 Å². The molecule has 102 valence electrons. The third-order valence-electron chi connectivity index (χ3n) is 3.11. The number of hydrogen-bond acceptors (Lipinski definition) is 4. The van der Waals surface area contributed by atoms with Crippen molar-refractivity contribution in [1.29, 1.82) is 0 Å². The minimum Gasteiger partial charge on any atom is -0.351 e. The third kappa shape index (κ3) is 3.42. The van der Waals surface area contributed by atoms with E-state index in [1.165, 1.54) is 18.2 Å². The Bertz CT molecular complexity index is 501. The van der Waals surface area contributed by atoms with Gasteiger partial charge in [0, 0.05) is 17.6 Å². The predicted molar refractivity (Wildman–Crippen MR) is 71.4 cm³/mol. The zero-order valence-electron chi connectivity index (χ0n) is 10.2. The third-order valence-corrected chi connectivity index (χ3v) is 3.35. The summed E-state index contributed by atoms with van der Waals surface area (Å²) < 4.78 is 0. The van der Waals surface area contributed by atoms with E-state index in [0.717, 1.165) is 19.5 Å². The number of benzene rings is 1. The molecule has 7 heteroatoms. The Morgan fingerprint density at radius 1 is 1.58 bits per heavy atom. The number of nitro groups is 1. The standard InChI is InChI=1S/C12H14ClN3O3/c13-9-1-2-10(11(5-9)16(18)19)12(17)15-7-8-3-4-14-6-8/h1-2,5,8,14H,3-4,6-7H2,(H,15,17). The second kappa shape index (κ2) is 5.99. The highest BCUT2D eigenvalue weighted by molar-refractivity contribution is 6.31. The molecule has 6 nitrogen and oxygen atoms in total. The fourth-order valence-electron chi connectivity index (χ4n) is 2.07. The number of carbonyl (C=O) groups is 1. The normalized spacial score (nSPS) is 18.3. The molecular weight excluding hydrogens is 270 g/mol. The van der Waals surface area contributed by atoms with E-state index >= 15 is 0 Å². The predicted octanol–water partition coefficient (Wildman–Crippen LogP) is 1.59. The number of halogens is 1. The summed E-state index contributed by atoms with van der Waals surface area (Å²) in [5.74, 6) is -0.0504. The highest BCUT2D eigenvalue weighted by Gasteiger charge is 2.22. The van der Waals surface area contributed by atoms with Crippen LogP contribution in [-0.4, -0.2) is 30.5 Å². The number of nitrogens with zero attached hydrogens (tertiary/aromatic N) is 1. The zero-order valence-corrected chi connectivity index (χ0v) is 10.9. The van der Waals surface area contributed by atoms with Gasteiger partial charge in [-0.2, -0.15) is 0 Å². The maximum atomic E-state index is 12.0. The molecule has 0 spiro atoms. The Hall–Kier alpha value is -1.66. The van der Waals surface area contributed by atoms with Crippen LogP contribution in [0.25, 0.3) is 0 Å². The lowest BCUT2D eigenvalue weighted by Crippen LogP contribution is -2.30. The smallest absolute Gasteiger partial charge is 0.283 e. The molecule has 1 unspecified atom stereocenters. The summed E-state index contributed by atoms with van der Waals surface area (Å²) in [4.78, 5) is 22.3. The van der Waals surface area contributed by atoms with E-state index in [1.54, 1.807) is 0 Å². The van der Waals surface area contributed by atoms with Crippen LogP contribution < -0.4 is 10.6 Å². The van der Waals surface area contributed by atoms with Crippen LogP contribution >= 0.6 is 11.6 Å². The lowest BCUT2D eigenvalue weighted by atomic mass is 10.1. The van der Waals surface area contributed by atoms with Gasteiger partial charge in [0.05, 0.1) is 4.92 Å². The molecule has 1 atom stereocenters. The highest BCUT2D eigenvalue weighted by Crippen LogP contribution is 2.23. The van der Waals surface area contributed by atoms with Crippen LogP contribution in [0.15, 0.2) is 18.2 Å². The maximum absolute atomic E-state index is 12.0. The van der Waals surface area contributed by atoms with Crippen molar-refractivity contribution >= 4 is 23.2 Å². The summed E-state index contributed by atoms with van der Waals surface area (Å²) in [7, 11) is 0. The van der Waals surface area contributed by atoms with Crippen LogP contribution in [0.5, 0.6) is 0 Å². The number of rotatable bonds is 4. The van der Waals surface area contributed by atoms with Crippen molar-refractivity contribution in [3.8, 4) is 0 Å². The summed E-state index contributed by atoms with van der Waals surface area (Å²) in [5, 5.41) is 17.1. The monoisotopic (exact) mass is 283 g/mol. The van der Waals surface area contributed by atoms with Gasteiger partial charge in [0.15, 0.2) is 0 Å². The van der Waals surface area contributed by atoms with Gasteiger partial charge in [0.1, 0.15) is 5.56 Å². The Morgan fingerprint density at radius 3 is 3.00 bits per heavy atom. The Labute approximate surface area is 115 Å². The number of carbonyl (C=O) groups excluding carboxylic acids is 1. The molecule has 1 heterocycles. The largest absolute Gasteiger partial charge is 0.351 e. The molecule has 0 bridgehead atoms. The van der Waals surface area contributed by atoms with E-state index in [-0.39, 0.29) is 16.3 Å². The zero-order chi connectivity index (χ0) is 13.8. The molecule has 0 aromatic heterocycles. The molecule has 0 saturated carbocycles. The number of nitro benzene ring substituents is 1. The van der Waals surface area contributed by atoms with Crippen molar-refractivity contribution in [2.24, 2.45) is 5.92 Å². The molecule has 2 N–H and O–H groups in total. The SMILES string of the molecule is O=C(NCC1CCNC1)c1ccc(Cl)cc1[N+](=O)[O-]. The van der Waals surface area contributed by atoms with Gasteiger partial charge in [-0.1, -0.05) is 11.6 Å². The Balaban J connectivity index is 2.07. The molecule has 2 rings (SSSR count). The van der Waals surface area contributed by atoms with Gasteiger partial charge in [-0.25, -0.2) is 0 Å². The number of nitrogens with one attached hydrogen (secondary N) is 2. The molecule has 1 amide bonds. The van der Waals surface area contributed by atoms with Crippen molar-refractivity contribution in [2.75, 3.05) is 19.6 Å². The lowest BCUT2D eigenvalue weighted by Gasteiger charge is -2.10. The minimum absolute atomic E-state index is 0.0420. The molecule has 0 radical (unpaired) electrons. The first-order valence-corrected chi connectivity index (χ1v) is 6.38. The van der Waals surface area contributed by atoms with Gasteiger partial charge in [-0.3, -0.25) is 14.9 Å². The van der Waals surface area contributed by atoms with E-state index in [4.69, 9.17) is 11.6 Å². The fourth-order valence-corrected chi connectivity index (χ4v) is 2.24. The van der Waals surface area contributed by atoms with Crippen molar-refractivity contribution in [2.45, 2.75) is 6.42 Å². The minimum atomic E-state index is -0.599. The molecule has 0 aliphatic carbocycles. The van der Waals surface area contributed by atoms with Gasteiger partial charge >= 0.3 is 0 Å². The van der Waals surface area contributed by atoms with Gasteiger partial charge < -0.3 is 10.6 Å². The van der Waals surface area contributed by atoms with E-state index in [1.807, 2.05) is 0 Å². The molecule has 1 aliphatic heterocycles. The average molecular weight is 284 g/mol. The fraction of sp³-hybridized carbons (Fsp3) is 0.417. The molecule has 1 aromatic carbocycles. The van der Waals surface area contributed by atoms with Crippen LogP contribution in [0.4, 0.5) is 5.69 Å². The van der Waals surface area contributed by atoms with Crippen LogP contribution in [0.3, 0.4) is 0 Å². The molecule has 1 aromatic rings. The second-order valence-corrected chi connectivity index (χ2v) is 4.92. The lowest BCUT2D eigenvalue weighted by molar-refractivity contribution is -0.385. The highest BCUT2D eigenvalue weighted by atomic mass is 35.5. The van der Waals surface area contributed by atoms with Gasteiger partial charge in [0.2, 0.25) is 0 Å². The van der Waals surface area contributed by atoms with E-state index in [2.05, 4.69) is 10.6 Å². The van der Waals surface area contributed by atoms with Crippen LogP contribution in [-0.2, 0) is 0 Å². The van der Waals surface area contributed by atoms with Gasteiger partial charge in [-0.05, 0) is 37.6 Å². The van der Waals surface area contributed by atoms with Crippen molar-refractivity contribution in [3.05, 3.63) is 38.9 Å². The number of hydrogen-bond donors (Lipinski definition) is 2. The summed E-state index contributed by atoms with van der Waals surface area (Å²) in [6, 6.07) is 4.04. The first kappa shape index (κ1) is 13.8. The van der Waals surface area contributed by atoms with Crippen molar-refractivity contribution < 1.29 is 9.72 Å². The number of amides is 1.